The van der Waals surface area contributed by atoms with Gasteiger partial charge in [0.15, 0.2) is 0 Å². The van der Waals surface area contributed by atoms with Crippen molar-refractivity contribution in [2.24, 2.45) is 5.92 Å². The molecular formula is C16H24N2. The average molecular weight is 244 g/mol. The molecule has 0 spiro atoms. The normalized spacial score (nSPS) is 31.2. The van der Waals surface area contributed by atoms with E-state index in [1.165, 1.54) is 31.5 Å². The first-order valence-corrected chi connectivity index (χ1v) is 7.23. The van der Waals surface area contributed by atoms with E-state index in [0.29, 0.717) is 11.6 Å². The highest BCUT2D eigenvalue weighted by atomic mass is 15.2. The lowest BCUT2D eigenvalue weighted by Crippen LogP contribution is -2.60. The molecule has 2 nitrogen and oxygen atoms in total. The van der Waals surface area contributed by atoms with Gasteiger partial charge in [-0.1, -0.05) is 30.3 Å². The van der Waals surface area contributed by atoms with Crippen LogP contribution < -0.4 is 5.32 Å². The fraction of sp³-hybridized carbons (Fsp3) is 0.625. The molecule has 1 saturated carbocycles. The Morgan fingerprint density at radius 2 is 2.00 bits per heavy atom. The van der Waals surface area contributed by atoms with E-state index in [9.17, 15) is 0 Å². The van der Waals surface area contributed by atoms with Crippen LogP contribution in [0.15, 0.2) is 30.3 Å². The molecule has 2 unspecified atom stereocenters. The van der Waals surface area contributed by atoms with Crippen LogP contribution in [0.3, 0.4) is 0 Å². The number of hydrogen-bond donors (Lipinski definition) is 1. The molecule has 0 aromatic heterocycles. The van der Waals surface area contributed by atoms with E-state index in [4.69, 9.17) is 0 Å². The van der Waals surface area contributed by atoms with Gasteiger partial charge in [-0.2, -0.15) is 0 Å². The second-order valence-electron chi connectivity index (χ2n) is 6.18. The number of rotatable bonds is 3. The van der Waals surface area contributed by atoms with E-state index in [0.717, 1.165) is 12.5 Å². The summed E-state index contributed by atoms with van der Waals surface area (Å²) >= 11 is 0. The number of nitrogens with one attached hydrogen (secondary N) is 1. The van der Waals surface area contributed by atoms with E-state index in [-0.39, 0.29) is 0 Å². The Balaban J connectivity index is 1.72. The lowest BCUT2D eigenvalue weighted by molar-refractivity contribution is 0.0946. The largest absolute Gasteiger partial charge is 0.309 e. The fourth-order valence-corrected chi connectivity index (χ4v) is 3.31. The minimum atomic E-state index is 0.349. The molecule has 0 radical (unpaired) electrons. The minimum Gasteiger partial charge on any atom is -0.309 e. The smallest absolute Gasteiger partial charge is 0.0321 e. The topological polar surface area (TPSA) is 15.3 Å². The van der Waals surface area contributed by atoms with Crippen LogP contribution in [0.25, 0.3) is 0 Å². The van der Waals surface area contributed by atoms with Crippen LogP contribution in [0.2, 0.25) is 0 Å². The molecule has 2 fully saturated rings. The van der Waals surface area contributed by atoms with Crippen LogP contribution in [0.4, 0.5) is 0 Å². The van der Waals surface area contributed by atoms with E-state index < -0.39 is 0 Å². The van der Waals surface area contributed by atoms with Crippen molar-refractivity contribution in [2.75, 3.05) is 19.6 Å². The van der Waals surface area contributed by atoms with Crippen molar-refractivity contribution in [1.29, 1.82) is 0 Å². The van der Waals surface area contributed by atoms with Gasteiger partial charge in [0.2, 0.25) is 0 Å². The maximum absolute atomic E-state index is 3.75. The Kier molecular flexibility index (Phi) is 3.16. The summed E-state index contributed by atoms with van der Waals surface area (Å²) < 4.78 is 0. The van der Waals surface area contributed by atoms with Gasteiger partial charge < -0.3 is 5.32 Å². The first-order chi connectivity index (χ1) is 8.69. The molecule has 1 aromatic rings. The van der Waals surface area contributed by atoms with Gasteiger partial charge in [-0.05, 0) is 38.2 Å². The molecule has 1 N–H and O–H groups in total. The first kappa shape index (κ1) is 12.2. The third kappa shape index (κ3) is 2.32. The monoisotopic (exact) mass is 244 g/mol. The van der Waals surface area contributed by atoms with E-state index in [2.05, 4.69) is 54.4 Å². The van der Waals surface area contributed by atoms with Gasteiger partial charge in [0, 0.05) is 31.2 Å². The Hall–Kier alpha value is -0.860. The molecule has 2 atom stereocenters. The summed E-state index contributed by atoms with van der Waals surface area (Å²) in [5.41, 5.74) is 1.79. The molecular weight excluding hydrogens is 220 g/mol. The molecule has 1 saturated heterocycles. The van der Waals surface area contributed by atoms with Gasteiger partial charge in [0.25, 0.3) is 0 Å². The van der Waals surface area contributed by atoms with Gasteiger partial charge in [0.05, 0.1) is 0 Å². The molecule has 0 amide bonds. The second kappa shape index (κ2) is 4.67. The summed E-state index contributed by atoms with van der Waals surface area (Å²) in [5.74, 6) is 0.906. The Morgan fingerprint density at radius 1 is 1.28 bits per heavy atom. The Labute approximate surface area is 110 Å². The van der Waals surface area contributed by atoms with Crippen LogP contribution in [0.5, 0.6) is 0 Å². The lowest BCUT2D eigenvalue weighted by Gasteiger charge is -2.44. The molecule has 3 rings (SSSR count). The molecule has 1 aliphatic heterocycles. The van der Waals surface area contributed by atoms with Gasteiger partial charge in [0.1, 0.15) is 0 Å². The number of piperazine rings is 1. The zero-order valence-corrected chi connectivity index (χ0v) is 11.5. The first-order valence-electron chi connectivity index (χ1n) is 7.23. The van der Waals surface area contributed by atoms with Crippen molar-refractivity contribution in [2.45, 2.75) is 38.3 Å². The molecule has 2 heteroatoms. The third-order valence-corrected chi connectivity index (χ3v) is 4.77. The quantitative estimate of drug-likeness (QED) is 0.879. The molecule has 1 aromatic carbocycles. The summed E-state index contributed by atoms with van der Waals surface area (Å²) in [6.07, 6.45) is 2.83. The minimum absolute atomic E-state index is 0.349. The standard InChI is InChI=1S/C16H24N2/c1-13(14-6-4-3-5-7-14)18-11-10-17-16(2,12-18)15-8-9-15/h3-7,13,15,17H,8-12H2,1-2H3. The van der Waals surface area contributed by atoms with Crippen LogP contribution in [0.1, 0.15) is 38.3 Å². The summed E-state index contributed by atoms with van der Waals surface area (Å²) in [6, 6.07) is 11.4. The Morgan fingerprint density at radius 3 is 2.67 bits per heavy atom. The van der Waals surface area contributed by atoms with E-state index >= 15 is 0 Å². The predicted molar refractivity (Wildman–Crippen MR) is 75.6 cm³/mol. The summed E-state index contributed by atoms with van der Waals surface area (Å²) in [7, 11) is 0. The SMILES string of the molecule is CC(c1ccccc1)N1CCNC(C)(C2CC2)C1. The molecule has 0 bridgehead atoms. The van der Waals surface area contributed by atoms with Crippen LogP contribution in [-0.4, -0.2) is 30.1 Å². The van der Waals surface area contributed by atoms with Crippen LogP contribution in [-0.2, 0) is 0 Å². The zero-order valence-electron chi connectivity index (χ0n) is 11.5. The maximum atomic E-state index is 3.75. The number of hydrogen-bond acceptors (Lipinski definition) is 2. The molecule has 2 aliphatic rings. The van der Waals surface area contributed by atoms with Crippen molar-refractivity contribution in [3.8, 4) is 0 Å². The second-order valence-corrected chi connectivity index (χ2v) is 6.18. The number of benzene rings is 1. The van der Waals surface area contributed by atoms with Crippen molar-refractivity contribution < 1.29 is 0 Å². The van der Waals surface area contributed by atoms with Gasteiger partial charge in [-0.15, -0.1) is 0 Å². The van der Waals surface area contributed by atoms with Crippen molar-refractivity contribution in [3.05, 3.63) is 35.9 Å². The van der Waals surface area contributed by atoms with Crippen LogP contribution in [0, 0.1) is 5.92 Å². The van der Waals surface area contributed by atoms with E-state index in [1.54, 1.807) is 0 Å². The maximum Gasteiger partial charge on any atom is 0.0321 e. The van der Waals surface area contributed by atoms with Gasteiger partial charge in [-0.3, -0.25) is 4.90 Å². The molecule has 18 heavy (non-hydrogen) atoms. The molecule has 98 valence electrons. The summed E-state index contributed by atoms with van der Waals surface area (Å²) in [6.45, 7) is 8.23. The predicted octanol–water partition coefficient (Wildman–Crippen LogP) is 2.82. The summed E-state index contributed by atoms with van der Waals surface area (Å²) in [4.78, 5) is 2.64. The number of nitrogens with zero attached hydrogens (tertiary/aromatic N) is 1. The van der Waals surface area contributed by atoms with Gasteiger partial charge in [-0.25, -0.2) is 0 Å². The average Bonchev–Trinajstić information content (AvgIpc) is 3.24. The molecule has 1 aliphatic carbocycles. The third-order valence-electron chi connectivity index (χ3n) is 4.77. The Bertz CT molecular complexity index is 399. The van der Waals surface area contributed by atoms with Crippen molar-refractivity contribution in [1.82, 2.24) is 10.2 Å². The highest BCUT2D eigenvalue weighted by Gasteiger charge is 2.44. The van der Waals surface area contributed by atoms with Gasteiger partial charge >= 0.3 is 0 Å². The lowest BCUT2D eigenvalue weighted by atomic mass is 9.91. The highest BCUT2D eigenvalue weighted by molar-refractivity contribution is 5.19. The zero-order chi connectivity index (χ0) is 12.6. The van der Waals surface area contributed by atoms with E-state index in [1.807, 2.05) is 0 Å². The fourth-order valence-electron chi connectivity index (χ4n) is 3.31. The molecule has 1 heterocycles. The highest BCUT2D eigenvalue weighted by Crippen LogP contribution is 2.41. The van der Waals surface area contributed by atoms with Crippen molar-refractivity contribution in [3.63, 3.8) is 0 Å². The van der Waals surface area contributed by atoms with Crippen molar-refractivity contribution >= 4 is 0 Å². The summed E-state index contributed by atoms with van der Waals surface area (Å²) in [5, 5.41) is 3.75. The van der Waals surface area contributed by atoms with Crippen LogP contribution >= 0.6 is 0 Å².